The van der Waals surface area contributed by atoms with E-state index in [4.69, 9.17) is 4.74 Å². The van der Waals surface area contributed by atoms with Crippen LogP contribution in [-0.2, 0) is 9.53 Å². The van der Waals surface area contributed by atoms with Crippen LogP contribution in [0.25, 0.3) is 0 Å². The molecular weight excluding hydrogens is 298 g/mol. The van der Waals surface area contributed by atoms with E-state index in [9.17, 15) is 14.4 Å². The van der Waals surface area contributed by atoms with Crippen molar-refractivity contribution in [1.29, 1.82) is 0 Å². The van der Waals surface area contributed by atoms with Crippen molar-refractivity contribution < 1.29 is 23.9 Å². The van der Waals surface area contributed by atoms with Crippen molar-refractivity contribution in [2.24, 2.45) is 0 Å². The van der Waals surface area contributed by atoms with Gasteiger partial charge in [0.1, 0.15) is 5.75 Å². The molecule has 0 atom stereocenters. The Kier molecular flexibility index (Phi) is 6.99. The molecule has 0 aromatic heterocycles. The zero-order chi connectivity index (χ0) is 17.4. The van der Waals surface area contributed by atoms with E-state index in [1.165, 1.54) is 20.3 Å². The summed E-state index contributed by atoms with van der Waals surface area (Å²) in [5.41, 5.74) is 0.454. The molecule has 0 unspecified atom stereocenters. The Balaban J connectivity index is 3.27. The predicted molar refractivity (Wildman–Crippen MR) is 85.7 cm³/mol. The molecule has 0 aliphatic carbocycles. The molecule has 1 aromatic carbocycles. The van der Waals surface area contributed by atoms with Gasteiger partial charge in [-0.05, 0) is 38.1 Å². The minimum absolute atomic E-state index is 0.182. The second kappa shape index (κ2) is 8.73. The molecular formula is C17H21NO5. The van der Waals surface area contributed by atoms with Crippen molar-refractivity contribution in [2.75, 3.05) is 27.3 Å². The van der Waals surface area contributed by atoms with Crippen molar-refractivity contribution in [3.8, 4) is 5.75 Å². The lowest BCUT2D eigenvalue weighted by molar-refractivity contribution is -0.134. The van der Waals surface area contributed by atoms with E-state index in [-0.39, 0.29) is 17.0 Å². The number of carbonyl (C=O) groups excluding carboxylic acids is 3. The standard InChI is InChI=1S/C17H21NO5/c1-5-18(6-2)17(21)13-8-7-12(22-3)11-14(13)15(19)9-10-16(20)23-4/h7-11H,5-6H2,1-4H3/b10-9+. The number of nitrogens with zero attached hydrogens (tertiary/aromatic N) is 1. The van der Waals surface area contributed by atoms with E-state index in [0.29, 0.717) is 18.8 Å². The van der Waals surface area contributed by atoms with Gasteiger partial charge < -0.3 is 14.4 Å². The monoisotopic (exact) mass is 319 g/mol. The highest BCUT2D eigenvalue weighted by Crippen LogP contribution is 2.20. The first-order chi connectivity index (χ1) is 11.0. The van der Waals surface area contributed by atoms with Crippen molar-refractivity contribution in [2.45, 2.75) is 13.8 Å². The Labute approximate surface area is 135 Å². The normalized spacial score (nSPS) is 10.4. The molecule has 0 fully saturated rings. The molecule has 0 saturated heterocycles. The number of amides is 1. The van der Waals surface area contributed by atoms with Crippen LogP contribution >= 0.6 is 0 Å². The fourth-order valence-electron chi connectivity index (χ4n) is 2.02. The number of esters is 1. The molecule has 124 valence electrons. The number of rotatable bonds is 7. The van der Waals surface area contributed by atoms with Crippen molar-refractivity contribution in [3.63, 3.8) is 0 Å². The van der Waals surface area contributed by atoms with Gasteiger partial charge in [0.2, 0.25) is 0 Å². The van der Waals surface area contributed by atoms with Gasteiger partial charge in [0.25, 0.3) is 5.91 Å². The summed E-state index contributed by atoms with van der Waals surface area (Å²) in [7, 11) is 2.69. The Morgan fingerprint density at radius 1 is 1.04 bits per heavy atom. The number of hydrogen-bond donors (Lipinski definition) is 0. The zero-order valence-corrected chi connectivity index (χ0v) is 13.8. The lowest BCUT2D eigenvalue weighted by Crippen LogP contribution is -2.31. The maximum Gasteiger partial charge on any atom is 0.330 e. The summed E-state index contributed by atoms with van der Waals surface area (Å²) < 4.78 is 9.56. The van der Waals surface area contributed by atoms with Gasteiger partial charge in [-0.2, -0.15) is 0 Å². The summed E-state index contributed by atoms with van der Waals surface area (Å²) in [6.07, 6.45) is 2.10. The summed E-state index contributed by atoms with van der Waals surface area (Å²) in [5.74, 6) is -0.897. The predicted octanol–water partition coefficient (Wildman–Crippen LogP) is 2.09. The second-order valence-electron chi connectivity index (χ2n) is 4.61. The molecule has 0 heterocycles. The highest BCUT2D eigenvalue weighted by Gasteiger charge is 2.20. The molecule has 0 aliphatic rings. The molecule has 0 N–H and O–H groups in total. The lowest BCUT2D eigenvalue weighted by Gasteiger charge is -2.20. The number of ether oxygens (including phenoxy) is 2. The van der Waals surface area contributed by atoms with Crippen LogP contribution in [0.2, 0.25) is 0 Å². The van der Waals surface area contributed by atoms with E-state index >= 15 is 0 Å². The highest BCUT2D eigenvalue weighted by atomic mass is 16.5. The molecule has 0 radical (unpaired) electrons. The first-order valence-corrected chi connectivity index (χ1v) is 7.26. The minimum Gasteiger partial charge on any atom is -0.497 e. The molecule has 1 rings (SSSR count). The molecule has 6 nitrogen and oxygen atoms in total. The SMILES string of the molecule is CCN(CC)C(=O)c1ccc(OC)cc1C(=O)/C=C/C(=O)OC. The average molecular weight is 319 g/mol. The van der Waals surface area contributed by atoms with Gasteiger partial charge in [-0.1, -0.05) is 0 Å². The van der Waals surface area contributed by atoms with Gasteiger partial charge in [-0.25, -0.2) is 4.79 Å². The number of carbonyl (C=O) groups is 3. The molecule has 0 saturated carbocycles. The van der Waals surface area contributed by atoms with Crippen LogP contribution in [0.1, 0.15) is 34.6 Å². The number of methoxy groups -OCH3 is 2. The molecule has 23 heavy (non-hydrogen) atoms. The third-order valence-electron chi connectivity index (χ3n) is 3.35. The van der Waals surface area contributed by atoms with E-state index in [0.717, 1.165) is 12.2 Å². The van der Waals surface area contributed by atoms with E-state index in [2.05, 4.69) is 4.74 Å². The van der Waals surface area contributed by atoms with Gasteiger partial charge in [0.15, 0.2) is 5.78 Å². The number of benzene rings is 1. The molecule has 1 aromatic rings. The van der Waals surface area contributed by atoms with Gasteiger partial charge in [0, 0.05) is 24.7 Å². The van der Waals surface area contributed by atoms with Gasteiger partial charge >= 0.3 is 5.97 Å². The van der Waals surface area contributed by atoms with Gasteiger partial charge in [-0.15, -0.1) is 0 Å². The molecule has 0 aliphatic heterocycles. The second-order valence-corrected chi connectivity index (χ2v) is 4.61. The van der Waals surface area contributed by atoms with Crippen molar-refractivity contribution >= 4 is 17.7 Å². The summed E-state index contributed by atoms with van der Waals surface area (Å²) >= 11 is 0. The molecule has 0 spiro atoms. The summed E-state index contributed by atoms with van der Waals surface area (Å²) in [6, 6.07) is 4.66. The van der Waals surface area contributed by atoms with Crippen LogP contribution in [0.15, 0.2) is 30.4 Å². The zero-order valence-electron chi connectivity index (χ0n) is 13.8. The largest absolute Gasteiger partial charge is 0.497 e. The Bertz CT molecular complexity index is 617. The van der Waals surface area contributed by atoms with Crippen LogP contribution in [0.3, 0.4) is 0 Å². The fourth-order valence-corrected chi connectivity index (χ4v) is 2.02. The van der Waals surface area contributed by atoms with Crippen molar-refractivity contribution in [1.82, 2.24) is 4.90 Å². The van der Waals surface area contributed by atoms with Crippen LogP contribution in [0, 0.1) is 0 Å². The first kappa shape index (κ1) is 18.4. The number of hydrogen-bond acceptors (Lipinski definition) is 5. The molecule has 0 bridgehead atoms. The van der Waals surface area contributed by atoms with Crippen molar-refractivity contribution in [3.05, 3.63) is 41.5 Å². The third-order valence-corrected chi connectivity index (χ3v) is 3.35. The molecule has 1 amide bonds. The number of allylic oxidation sites excluding steroid dienone is 1. The summed E-state index contributed by atoms with van der Waals surface area (Å²) in [6.45, 7) is 4.80. The van der Waals surface area contributed by atoms with Crippen LogP contribution in [0.5, 0.6) is 5.75 Å². The highest BCUT2D eigenvalue weighted by molar-refractivity contribution is 6.14. The lowest BCUT2D eigenvalue weighted by atomic mass is 10.0. The quantitative estimate of drug-likeness (QED) is 0.437. The Hall–Kier alpha value is -2.63. The van der Waals surface area contributed by atoms with E-state index < -0.39 is 11.8 Å². The molecule has 6 heteroatoms. The maximum atomic E-state index is 12.5. The van der Waals surface area contributed by atoms with Crippen LogP contribution < -0.4 is 4.74 Å². The summed E-state index contributed by atoms with van der Waals surface area (Å²) in [4.78, 5) is 37.6. The smallest absolute Gasteiger partial charge is 0.330 e. The van der Waals surface area contributed by atoms with Crippen LogP contribution in [0.4, 0.5) is 0 Å². The first-order valence-electron chi connectivity index (χ1n) is 7.26. The topological polar surface area (TPSA) is 72.9 Å². The minimum atomic E-state index is -0.641. The van der Waals surface area contributed by atoms with E-state index in [1.54, 1.807) is 17.0 Å². The third kappa shape index (κ3) is 4.67. The number of ketones is 1. The Morgan fingerprint density at radius 3 is 2.22 bits per heavy atom. The van der Waals surface area contributed by atoms with Crippen LogP contribution in [-0.4, -0.2) is 49.9 Å². The van der Waals surface area contributed by atoms with Gasteiger partial charge in [0.05, 0.1) is 19.8 Å². The van der Waals surface area contributed by atoms with E-state index in [1.807, 2.05) is 13.8 Å². The average Bonchev–Trinajstić information content (AvgIpc) is 2.59. The van der Waals surface area contributed by atoms with Gasteiger partial charge in [-0.3, -0.25) is 9.59 Å². The maximum absolute atomic E-state index is 12.5. The fraction of sp³-hybridized carbons (Fsp3) is 0.353. The summed E-state index contributed by atoms with van der Waals surface area (Å²) in [5, 5.41) is 0. The Morgan fingerprint density at radius 2 is 1.70 bits per heavy atom.